The zero-order chi connectivity index (χ0) is 11.8. The molecule has 0 saturated carbocycles. The Morgan fingerprint density at radius 3 is 2.24 bits per heavy atom. The molecule has 17 heavy (non-hydrogen) atoms. The maximum Gasteiger partial charge on any atom is -0.0149 e. The van der Waals surface area contributed by atoms with Crippen LogP contribution in [0, 0.1) is 6.92 Å². The van der Waals surface area contributed by atoms with Gasteiger partial charge in [-0.15, -0.1) is 0 Å². The van der Waals surface area contributed by atoms with E-state index in [2.05, 4.69) is 50.2 Å². The highest BCUT2D eigenvalue weighted by molar-refractivity contribution is 5.73. The molecule has 86 valence electrons. The molecule has 0 unspecified atom stereocenters. The first-order valence-electron chi connectivity index (χ1n) is 6.49. The van der Waals surface area contributed by atoms with Crippen LogP contribution in [-0.2, 0) is 19.3 Å². The molecule has 0 amide bonds. The van der Waals surface area contributed by atoms with Crippen molar-refractivity contribution in [3.63, 3.8) is 0 Å². The van der Waals surface area contributed by atoms with Crippen molar-refractivity contribution in [1.29, 1.82) is 0 Å². The van der Waals surface area contributed by atoms with Crippen LogP contribution in [-0.4, -0.2) is 0 Å². The lowest BCUT2D eigenvalue weighted by Crippen LogP contribution is -2.04. The van der Waals surface area contributed by atoms with Gasteiger partial charge in [0, 0.05) is 0 Å². The van der Waals surface area contributed by atoms with Crippen molar-refractivity contribution in [2.24, 2.45) is 0 Å². The molecule has 0 spiro atoms. The van der Waals surface area contributed by atoms with Crippen LogP contribution in [0.2, 0.25) is 0 Å². The van der Waals surface area contributed by atoms with Crippen LogP contribution in [0.25, 0.3) is 11.1 Å². The van der Waals surface area contributed by atoms with E-state index in [1.165, 1.54) is 46.2 Å². The summed E-state index contributed by atoms with van der Waals surface area (Å²) in [5.41, 5.74) is 8.77. The van der Waals surface area contributed by atoms with Gasteiger partial charge in [-0.05, 0) is 54.0 Å². The van der Waals surface area contributed by atoms with Crippen molar-refractivity contribution >= 4 is 0 Å². The number of fused-ring (bicyclic) bond motifs is 3. The summed E-state index contributed by atoms with van der Waals surface area (Å²) in [7, 11) is 0. The first-order valence-corrected chi connectivity index (χ1v) is 6.49. The maximum atomic E-state index is 2.39. The molecule has 0 aromatic heterocycles. The Balaban J connectivity index is 2.16. The number of benzene rings is 2. The van der Waals surface area contributed by atoms with E-state index in [4.69, 9.17) is 0 Å². The van der Waals surface area contributed by atoms with Crippen LogP contribution in [0.5, 0.6) is 0 Å². The number of hydrogen-bond acceptors (Lipinski definition) is 0. The molecular weight excluding hydrogens is 204 g/mol. The van der Waals surface area contributed by atoms with Gasteiger partial charge < -0.3 is 0 Å². The van der Waals surface area contributed by atoms with Gasteiger partial charge in [-0.3, -0.25) is 0 Å². The molecule has 0 atom stereocenters. The molecule has 0 heterocycles. The van der Waals surface area contributed by atoms with E-state index in [-0.39, 0.29) is 0 Å². The molecule has 1 aliphatic rings. The van der Waals surface area contributed by atoms with E-state index in [1.54, 1.807) is 0 Å². The lowest BCUT2D eigenvalue weighted by Gasteiger charge is -2.21. The zero-order valence-corrected chi connectivity index (χ0v) is 10.6. The van der Waals surface area contributed by atoms with Crippen molar-refractivity contribution in [1.82, 2.24) is 0 Å². The lowest BCUT2D eigenvalue weighted by molar-refractivity contribution is 0.933. The van der Waals surface area contributed by atoms with Gasteiger partial charge in [0.1, 0.15) is 0 Å². The maximum absolute atomic E-state index is 2.39. The minimum atomic E-state index is 1.13. The fourth-order valence-electron chi connectivity index (χ4n) is 2.80. The zero-order valence-electron chi connectivity index (χ0n) is 10.6. The smallest absolute Gasteiger partial charge is 0.0149 e. The summed E-state index contributed by atoms with van der Waals surface area (Å²) in [6.07, 6.45) is 3.52. The summed E-state index contributed by atoms with van der Waals surface area (Å²) in [6, 6.07) is 13.8. The molecule has 3 rings (SSSR count). The predicted molar refractivity (Wildman–Crippen MR) is 73.4 cm³/mol. The van der Waals surface area contributed by atoms with Gasteiger partial charge in [0.15, 0.2) is 0 Å². The molecule has 0 aliphatic heterocycles. The van der Waals surface area contributed by atoms with Crippen molar-refractivity contribution in [2.45, 2.75) is 33.1 Å². The van der Waals surface area contributed by atoms with Crippen LogP contribution >= 0.6 is 0 Å². The summed E-state index contributed by atoms with van der Waals surface area (Å²) < 4.78 is 0. The van der Waals surface area contributed by atoms with Crippen molar-refractivity contribution in [2.75, 3.05) is 0 Å². The second-order valence-electron chi connectivity index (χ2n) is 5.01. The molecule has 0 radical (unpaired) electrons. The van der Waals surface area contributed by atoms with Gasteiger partial charge in [-0.2, -0.15) is 0 Å². The fraction of sp³-hybridized carbons (Fsp3) is 0.294. The monoisotopic (exact) mass is 222 g/mol. The Hall–Kier alpha value is -1.56. The topological polar surface area (TPSA) is 0 Å². The fourth-order valence-corrected chi connectivity index (χ4v) is 2.80. The van der Waals surface area contributed by atoms with Crippen LogP contribution in [0.3, 0.4) is 0 Å². The average Bonchev–Trinajstić information content (AvgIpc) is 2.37. The van der Waals surface area contributed by atoms with Crippen LogP contribution in [0.4, 0.5) is 0 Å². The third-order valence-corrected chi connectivity index (χ3v) is 3.79. The summed E-state index contributed by atoms with van der Waals surface area (Å²) in [4.78, 5) is 0. The lowest BCUT2D eigenvalue weighted by atomic mass is 9.84. The first kappa shape index (κ1) is 10.6. The highest BCUT2D eigenvalue weighted by Crippen LogP contribution is 2.34. The minimum absolute atomic E-state index is 1.13. The Kier molecular flexibility index (Phi) is 2.51. The minimum Gasteiger partial charge on any atom is -0.0613 e. The van der Waals surface area contributed by atoms with Crippen molar-refractivity contribution < 1.29 is 0 Å². The Morgan fingerprint density at radius 2 is 1.53 bits per heavy atom. The van der Waals surface area contributed by atoms with E-state index >= 15 is 0 Å². The summed E-state index contributed by atoms with van der Waals surface area (Å²) in [5.74, 6) is 0. The number of rotatable bonds is 1. The molecule has 0 saturated heterocycles. The number of aryl methyl sites for hydroxylation is 4. The summed E-state index contributed by atoms with van der Waals surface area (Å²) in [6.45, 7) is 4.40. The van der Waals surface area contributed by atoms with Gasteiger partial charge in [0.25, 0.3) is 0 Å². The van der Waals surface area contributed by atoms with Gasteiger partial charge in [0.05, 0.1) is 0 Å². The summed E-state index contributed by atoms with van der Waals surface area (Å²) in [5, 5.41) is 0. The Morgan fingerprint density at radius 1 is 0.882 bits per heavy atom. The van der Waals surface area contributed by atoms with E-state index in [0.29, 0.717) is 0 Å². The molecule has 0 heteroatoms. The van der Waals surface area contributed by atoms with Gasteiger partial charge in [-0.25, -0.2) is 0 Å². The highest BCUT2D eigenvalue weighted by atomic mass is 14.2. The van der Waals surface area contributed by atoms with Crippen LogP contribution in [0.1, 0.15) is 29.2 Å². The second kappa shape index (κ2) is 4.03. The molecule has 0 fully saturated rings. The molecule has 0 nitrogen and oxygen atoms in total. The Labute approximate surface area is 103 Å². The molecular formula is C17H18. The van der Waals surface area contributed by atoms with Gasteiger partial charge >= 0.3 is 0 Å². The van der Waals surface area contributed by atoms with Crippen molar-refractivity contribution in [3.05, 3.63) is 58.7 Å². The van der Waals surface area contributed by atoms with Crippen LogP contribution < -0.4 is 0 Å². The predicted octanol–water partition coefficient (Wildman–Crippen LogP) is 4.32. The van der Waals surface area contributed by atoms with Gasteiger partial charge in [-0.1, -0.05) is 48.9 Å². The third kappa shape index (κ3) is 1.78. The van der Waals surface area contributed by atoms with Crippen LogP contribution in [0.15, 0.2) is 36.4 Å². The molecule has 0 bridgehead atoms. The van der Waals surface area contributed by atoms with Gasteiger partial charge in [0.2, 0.25) is 0 Å². The van der Waals surface area contributed by atoms with E-state index < -0.39 is 0 Å². The Bertz CT molecular complexity index is 564. The van der Waals surface area contributed by atoms with E-state index in [9.17, 15) is 0 Å². The first-order chi connectivity index (χ1) is 8.28. The SMILES string of the molecule is CCc1ccc2c(c1)CCc1cc(C)ccc1-2. The molecule has 2 aromatic rings. The third-order valence-electron chi connectivity index (χ3n) is 3.79. The van der Waals surface area contributed by atoms with E-state index in [1.807, 2.05) is 0 Å². The average molecular weight is 222 g/mol. The highest BCUT2D eigenvalue weighted by Gasteiger charge is 2.15. The molecule has 0 N–H and O–H groups in total. The standard InChI is InChI=1S/C17H18/c1-3-13-5-9-17-15(11-13)7-6-14-10-12(2)4-8-16(14)17/h4-5,8-11H,3,6-7H2,1-2H3. The second-order valence-corrected chi connectivity index (χ2v) is 5.01. The largest absolute Gasteiger partial charge is 0.0613 e. The van der Waals surface area contributed by atoms with E-state index in [0.717, 1.165) is 6.42 Å². The number of hydrogen-bond donors (Lipinski definition) is 0. The quantitative estimate of drug-likeness (QED) is 0.674. The molecule has 2 aromatic carbocycles. The van der Waals surface area contributed by atoms with Crippen molar-refractivity contribution in [3.8, 4) is 11.1 Å². The summed E-state index contributed by atoms with van der Waals surface area (Å²) >= 11 is 0. The molecule has 1 aliphatic carbocycles. The normalized spacial score (nSPS) is 13.1.